The van der Waals surface area contributed by atoms with Crippen molar-refractivity contribution < 1.29 is 14.3 Å². The van der Waals surface area contributed by atoms with Crippen LogP contribution in [0, 0.1) is 0 Å². The summed E-state index contributed by atoms with van der Waals surface area (Å²) < 4.78 is 5.51. The Morgan fingerprint density at radius 3 is 2.70 bits per heavy atom. The first-order valence-corrected chi connectivity index (χ1v) is 10.0. The first-order chi connectivity index (χ1) is 13.0. The van der Waals surface area contributed by atoms with Gasteiger partial charge in [0.25, 0.3) is 0 Å². The molecule has 27 heavy (non-hydrogen) atoms. The zero-order valence-electron chi connectivity index (χ0n) is 16.9. The van der Waals surface area contributed by atoms with Crippen LogP contribution in [0.5, 0.6) is 5.75 Å². The van der Waals surface area contributed by atoms with Crippen LogP contribution in [0.25, 0.3) is 10.9 Å². The molecule has 1 aliphatic rings. The maximum Gasteiger partial charge on any atom is 0.220 e. The molecular weight excluding hydrogens is 340 g/mol. The first kappa shape index (κ1) is 19.5. The molecule has 0 spiro atoms. The van der Waals surface area contributed by atoms with Gasteiger partial charge >= 0.3 is 0 Å². The molecule has 146 valence electrons. The largest absolute Gasteiger partial charge is 0.496 e. The van der Waals surface area contributed by atoms with Crippen LogP contribution in [0.2, 0.25) is 0 Å². The SMILES string of the molecule is CCCCCCC(=O)c1c(OC)ccc2c3c([nH]c12)C(C)N(C(C)=O)CC3. The molecule has 1 unspecified atom stereocenters. The molecule has 0 radical (unpaired) electrons. The quantitative estimate of drug-likeness (QED) is 0.563. The zero-order valence-corrected chi connectivity index (χ0v) is 16.9. The summed E-state index contributed by atoms with van der Waals surface area (Å²) in [5, 5.41) is 1.08. The van der Waals surface area contributed by atoms with Crippen molar-refractivity contribution in [2.75, 3.05) is 13.7 Å². The van der Waals surface area contributed by atoms with Crippen molar-refractivity contribution in [3.05, 3.63) is 29.0 Å². The number of hydrogen-bond acceptors (Lipinski definition) is 3. The van der Waals surface area contributed by atoms with E-state index in [2.05, 4.69) is 11.9 Å². The zero-order chi connectivity index (χ0) is 19.6. The van der Waals surface area contributed by atoms with Gasteiger partial charge < -0.3 is 14.6 Å². The molecule has 2 aromatic rings. The minimum absolute atomic E-state index is 0.0165. The predicted molar refractivity (Wildman–Crippen MR) is 107 cm³/mol. The Bertz CT molecular complexity index is 853. The smallest absolute Gasteiger partial charge is 0.220 e. The summed E-state index contributed by atoms with van der Waals surface area (Å²) in [5.74, 6) is 0.831. The lowest BCUT2D eigenvalue weighted by Crippen LogP contribution is -2.37. The van der Waals surface area contributed by atoms with E-state index in [0.717, 1.165) is 48.7 Å². The number of rotatable bonds is 7. The Labute approximate surface area is 161 Å². The molecule has 5 nitrogen and oxygen atoms in total. The number of nitrogens with one attached hydrogen (secondary N) is 1. The monoisotopic (exact) mass is 370 g/mol. The number of unbranched alkanes of at least 4 members (excludes halogenated alkanes) is 3. The van der Waals surface area contributed by atoms with Gasteiger partial charge in [0.15, 0.2) is 5.78 Å². The number of methoxy groups -OCH3 is 1. The van der Waals surface area contributed by atoms with E-state index >= 15 is 0 Å². The summed E-state index contributed by atoms with van der Waals surface area (Å²) in [4.78, 5) is 30.3. The predicted octanol–water partition coefficient (Wildman–Crippen LogP) is 4.80. The second-order valence-corrected chi connectivity index (χ2v) is 7.45. The molecule has 1 N–H and O–H groups in total. The van der Waals surface area contributed by atoms with Gasteiger partial charge in [-0.25, -0.2) is 0 Å². The van der Waals surface area contributed by atoms with Gasteiger partial charge in [-0.1, -0.05) is 26.2 Å². The number of hydrogen-bond donors (Lipinski definition) is 1. The van der Waals surface area contributed by atoms with E-state index in [1.165, 1.54) is 5.56 Å². The Kier molecular flexibility index (Phi) is 5.88. The highest BCUT2D eigenvalue weighted by Crippen LogP contribution is 2.38. The van der Waals surface area contributed by atoms with Crippen molar-refractivity contribution >= 4 is 22.6 Å². The molecule has 2 heterocycles. The van der Waals surface area contributed by atoms with E-state index in [9.17, 15) is 9.59 Å². The van der Waals surface area contributed by atoms with E-state index in [1.807, 2.05) is 24.0 Å². The van der Waals surface area contributed by atoms with Crippen LogP contribution < -0.4 is 4.74 Å². The van der Waals surface area contributed by atoms with Gasteiger partial charge in [-0.15, -0.1) is 0 Å². The minimum atomic E-state index is -0.0165. The standard InChI is InChI=1S/C22H30N2O3/c1-5-6-7-8-9-18(26)20-19(27-4)11-10-16-17-12-13-24(15(3)25)14(2)21(17)23-22(16)20/h10-11,14,23H,5-9,12-13H2,1-4H3. The molecular formula is C22H30N2O3. The number of H-pyrrole nitrogens is 1. The third kappa shape index (κ3) is 3.60. The van der Waals surface area contributed by atoms with Crippen LogP contribution in [0.1, 0.15) is 80.5 Å². The number of ketones is 1. The number of benzene rings is 1. The van der Waals surface area contributed by atoms with Crippen molar-refractivity contribution in [3.8, 4) is 5.75 Å². The summed E-state index contributed by atoms with van der Waals surface area (Å²) in [6.07, 6.45) is 5.63. The van der Waals surface area contributed by atoms with Crippen molar-refractivity contribution in [2.24, 2.45) is 0 Å². The second kappa shape index (κ2) is 8.15. The molecule has 0 saturated heterocycles. The van der Waals surface area contributed by atoms with E-state index in [4.69, 9.17) is 4.74 Å². The molecule has 0 bridgehead atoms. The number of ether oxygens (including phenoxy) is 1. The molecule has 1 aromatic heterocycles. The maximum absolute atomic E-state index is 13.0. The number of carbonyl (C=O) groups excluding carboxylic acids is 2. The summed E-state index contributed by atoms with van der Waals surface area (Å²) in [5.41, 5.74) is 3.77. The van der Waals surface area contributed by atoms with Crippen LogP contribution in [0.15, 0.2) is 12.1 Å². The van der Waals surface area contributed by atoms with Crippen molar-refractivity contribution in [1.82, 2.24) is 9.88 Å². The lowest BCUT2D eigenvalue weighted by molar-refractivity contribution is -0.131. The average molecular weight is 370 g/mol. The fourth-order valence-corrected chi connectivity index (χ4v) is 4.24. The topological polar surface area (TPSA) is 62.4 Å². The molecule has 3 rings (SSSR count). The molecule has 0 fully saturated rings. The van der Waals surface area contributed by atoms with Gasteiger partial charge in [0.05, 0.1) is 24.2 Å². The number of aromatic amines is 1. The van der Waals surface area contributed by atoms with E-state index < -0.39 is 0 Å². The normalized spacial score (nSPS) is 16.4. The number of Topliss-reactive ketones (excluding diaryl/α,β-unsaturated/α-hetero) is 1. The average Bonchev–Trinajstić information content (AvgIpc) is 3.03. The van der Waals surface area contributed by atoms with Crippen LogP contribution in [0.4, 0.5) is 0 Å². The van der Waals surface area contributed by atoms with Crippen LogP contribution in [-0.4, -0.2) is 35.2 Å². The molecule has 5 heteroatoms. The van der Waals surface area contributed by atoms with E-state index in [-0.39, 0.29) is 17.7 Å². The number of amides is 1. The van der Waals surface area contributed by atoms with Gasteiger partial charge in [0.1, 0.15) is 5.75 Å². The van der Waals surface area contributed by atoms with Gasteiger partial charge in [0, 0.05) is 31.0 Å². The fourth-order valence-electron chi connectivity index (χ4n) is 4.24. The second-order valence-electron chi connectivity index (χ2n) is 7.45. The Morgan fingerprint density at radius 1 is 1.26 bits per heavy atom. The Balaban J connectivity index is 2.02. The highest BCUT2D eigenvalue weighted by atomic mass is 16.5. The van der Waals surface area contributed by atoms with Gasteiger partial charge in [-0.3, -0.25) is 9.59 Å². The molecule has 1 amide bonds. The minimum Gasteiger partial charge on any atom is -0.496 e. The Morgan fingerprint density at radius 2 is 2.04 bits per heavy atom. The van der Waals surface area contributed by atoms with E-state index in [1.54, 1.807) is 14.0 Å². The summed E-state index contributed by atoms with van der Waals surface area (Å²) >= 11 is 0. The highest BCUT2D eigenvalue weighted by Gasteiger charge is 2.30. The third-order valence-corrected chi connectivity index (χ3v) is 5.73. The maximum atomic E-state index is 13.0. The summed E-state index contributed by atoms with van der Waals surface area (Å²) in [6, 6.07) is 3.92. The first-order valence-electron chi connectivity index (χ1n) is 10.0. The van der Waals surface area contributed by atoms with Crippen LogP contribution in [0.3, 0.4) is 0 Å². The molecule has 1 aliphatic heterocycles. The molecule has 1 aromatic carbocycles. The van der Waals surface area contributed by atoms with Gasteiger partial charge in [-0.05, 0) is 37.5 Å². The van der Waals surface area contributed by atoms with E-state index in [0.29, 0.717) is 24.3 Å². The lowest BCUT2D eigenvalue weighted by Gasteiger charge is -2.32. The summed E-state index contributed by atoms with van der Waals surface area (Å²) in [7, 11) is 1.61. The number of fused-ring (bicyclic) bond motifs is 3. The number of aromatic nitrogens is 1. The summed E-state index contributed by atoms with van der Waals surface area (Å²) in [6.45, 7) is 6.53. The fraction of sp³-hybridized carbons (Fsp3) is 0.545. The lowest BCUT2D eigenvalue weighted by atomic mass is 9.96. The van der Waals surface area contributed by atoms with Crippen molar-refractivity contribution in [2.45, 2.75) is 65.3 Å². The number of carbonyl (C=O) groups is 2. The molecule has 0 aliphatic carbocycles. The van der Waals surface area contributed by atoms with Crippen LogP contribution in [-0.2, 0) is 11.2 Å². The number of nitrogens with zero attached hydrogens (tertiary/aromatic N) is 1. The Hall–Kier alpha value is -2.30. The molecule has 1 atom stereocenters. The van der Waals surface area contributed by atoms with Crippen LogP contribution >= 0.6 is 0 Å². The van der Waals surface area contributed by atoms with Crippen molar-refractivity contribution in [1.29, 1.82) is 0 Å². The highest BCUT2D eigenvalue weighted by molar-refractivity contribution is 6.10. The third-order valence-electron chi connectivity index (χ3n) is 5.73. The molecule has 0 saturated carbocycles. The van der Waals surface area contributed by atoms with Gasteiger partial charge in [0.2, 0.25) is 5.91 Å². The van der Waals surface area contributed by atoms with Gasteiger partial charge in [-0.2, -0.15) is 0 Å². The van der Waals surface area contributed by atoms with Crippen molar-refractivity contribution in [3.63, 3.8) is 0 Å².